The van der Waals surface area contributed by atoms with Crippen molar-refractivity contribution < 1.29 is 9.53 Å². The number of aryl methyl sites for hydroxylation is 1. The van der Waals surface area contributed by atoms with E-state index in [2.05, 4.69) is 33.1 Å². The molecule has 0 spiro atoms. The molecule has 2 aromatic carbocycles. The Morgan fingerprint density at radius 1 is 1.15 bits per heavy atom. The van der Waals surface area contributed by atoms with Gasteiger partial charge in [0.05, 0.1) is 6.54 Å². The summed E-state index contributed by atoms with van der Waals surface area (Å²) < 4.78 is 5.80. The van der Waals surface area contributed by atoms with Crippen molar-refractivity contribution in [1.29, 1.82) is 0 Å². The van der Waals surface area contributed by atoms with Crippen LogP contribution >= 0.6 is 0 Å². The van der Waals surface area contributed by atoms with Gasteiger partial charge in [-0.1, -0.05) is 30.3 Å². The van der Waals surface area contributed by atoms with Crippen LogP contribution < -0.4 is 20.7 Å². The first kappa shape index (κ1) is 17.8. The highest BCUT2D eigenvalue weighted by atomic mass is 16.5. The van der Waals surface area contributed by atoms with E-state index in [1.165, 1.54) is 5.56 Å². The summed E-state index contributed by atoms with van der Waals surface area (Å²) >= 11 is 0. The maximum atomic E-state index is 11.4. The zero-order valence-corrected chi connectivity index (χ0v) is 14.9. The highest BCUT2D eigenvalue weighted by Crippen LogP contribution is 2.26. The first-order valence-corrected chi connectivity index (χ1v) is 8.78. The maximum Gasteiger partial charge on any atom is 0.224 e. The molecule has 0 atom stereocenters. The van der Waals surface area contributed by atoms with Crippen molar-refractivity contribution in [3.63, 3.8) is 0 Å². The van der Waals surface area contributed by atoms with Crippen molar-refractivity contribution in [2.45, 2.75) is 19.4 Å². The molecule has 0 fully saturated rings. The van der Waals surface area contributed by atoms with Gasteiger partial charge in [-0.05, 0) is 35.7 Å². The Bertz CT molecular complexity index is 775. The third kappa shape index (κ3) is 4.99. The lowest BCUT2D eigenvalue weighted by Gasteiger charge is -2.18. The Balaban J connectivity index is 1.41. The van der Waals surface area contributed by atoms with Crippen molar-refractivity contribution in [1.82, 2.24) is 10.6 Å². The van der Waals surface area contributed by atoms with Gasteiger partial charge >= 0.3 is 0 Å². The van der Waals surface area contributed by atoms with Crippen molar-refractivity contribution >= 4 is 17.6 Å². The molecule has 136 valence electrons. The molecule has 0 saturated heterocycles. The van der Waals surface area contributed by atoms with Gasteiger partial charge in [-0.2, -0.15) is 0 Å². The number of ether oxygens (including phenoxy) is 1. The molecule has 0 radical (unpaired) electrons. The molecule has 2 aromatic rings. The summed E-state index contributed by atoms with van der Waals surface area (Å²) in [7, 11) is 1.75. The number of anilines is 1. The highest BCUT2D eigenvalue weighted by Gasteiger charge is 2.14. The van der Waals surface area contributed by atoms with Gasteiger partial charge in [0.2, 0.25) is 5.91 Å². The molecule has 0 aromatic heterocycles. The van der Waals surface area contributed by atoms with E-state index in [-0.39, 0.29) is 5.91 Å². The molecular weight excluding hydrogens is 328 g/mol. The molecule has 0 saturated carbocycles. The van der Waals surface area contributed by atoms with Gasteiger partial charge in [0.25, 0.3) is 0 Å². The van der Waals surface area contributed by atoms with E-state index in [0.29, 0.717) is 19.6 Å². The summed E-state index contributed by atoms with van der Waals surface area (Å²) in [6.45, 7) is 1.89. The van der Waals surface area contributed by atoms with Gasteiger partial charge in [0.15, 0.2) is 5.96 Å². The Morgan fingerprint density at radius 3 is 2.81 bits per heavy atom. The molecule has 0 unspecified atom stereocenters. The number of fused-ring (bicyclic) bond motifs is 1. The van der Waals surface area contributed by atoms with Crippen LogP contribution in [0.2, 0.25) is 0 Å². The van der Waals surface area contributed by atoms with Gasteiger partial charge in [-0.15, -0.1) is 0 Å². The lowest BCUT2D eigenvalue weighted by molar-refractivity contribution is -0.116. The number of carbonyl (C=O) groups is 1. The van der Waals surface area contributed by atoms with E-state index >= 15 is 0 Å². The molecule has 3 rings (SSSR count). The van der Waals surface area contributed by atoms with E-state index in [1.807, 2.05) is 36.4 Å². The van der Waals surface area contributed by atoms with E-state index in [1.54, 1.807) is 7.05 Å². The van der Waals surface area contributed by atoms with Crippen LogP contribution in [0.5, 0.6) is 5.75 Å². The summed E-state index contributed by atoms with van der Waals surface area (Å²) in [6.07, 6.45) is 1.29. The first-order valence-electron chi connectivity index (χ1n) is 8.78. The monoisotopic (exact) mass is 352 g/mol. The lowest BCUT2D eigenvalue weighted by atomic mass is 10.0. The lowest BCUT2D eigenvalue weighted by Crippen LogP contribution is -2.38. The molecule has 1 amide bonds. The molecule has 1 aliphatic rings. The summed E-state index contributed by atoms with van der Waals surface area (Å²) in [4.78, 5) is 15.6. The summed E-state index contributed by atoms with van der Waals surface area (Å²) in [6, 6.07) is 16.0. The largest absolute Gasteiger partial charge is 0.492 e. The zero-order valence-electron chi connectivity index (χ0n) is 14.9. The second-order valence-electron chi connectivity index (χ2n) is 6.05. The van der Waals surface area contributed by atoms with Gasteiger partial charge in [-0.3, -0.25) is 9.79 Å². The van der Waals surface area contributed by atoms with Gasteiger partial charge in [0.1, 0.15) is 12.4 Å². The molecule has 6 nitrogen and oxygen atoms in total. The SMILES string of the molecule is CN=C(NCCOc1ccc2c(c1)CCC(=O)N2)NCc1ccccc1. The van der Waals surface area contributed by atoms with Gasteiger partial charge in [-0.25, -0.2) is 0 Å². The van der Waals surface area contributed by atoms with Crippen LogP contribution in [0.1, 0.15) is 17.5 Å². The van der Waals surface area contributed by atoms with Gasteiger partial charge in [0, 0.05) is 25.7 Å². The Labute approximate surface area is 153 Å². The van der Waals surface area contributed by atoms with Crippen LogP contribution in [-0.2, 0) is 17.8 Å². The van der Waals surface area contributed by atoms with Crippen molar-refractivity contribution in [2.24, 2.45) is 4.99 Å². The maximum absolute atomic E-state index is 11.4. The van der Waals surface area contributed by atoms with E-state index in [0.717, 1.165) is 35.9 Å². The third-order valence-corrected chi connectivity index (χ3v) is 4.16. The number of amides is 1. The first-order chi connectivity index (χ1) is 12.7. The van der Waals surface area contributed by atoms with Crippen LogP contribution in [0.25, 0.3) is 0 Å². The van der Waals surface area contributed by atoms with Crippen molar-refractivity contribution in [3.8, 4) is 5.75 Å². The number of hydrogen-bond donors (Lipinski definition) is 3. The predicted octanol–water partition coefficient (Wildman–Crippen LogP) is 2.32. The molecule has 26 heavy (non-hydrogen) atoms. The molecule has 3 N–H and O–H groups in total. The van der Waals surface area contributed by atoms with Crippen molar-refractivity contribution in [3.05, 3.63) is 59.7 Å². The number of aliphatic imine (C=N–C) groups is 1. The predicted molar refractivity (Wildman–Crippen MR) is 104 cm³/mol. The number of carbonyl (C=O) groups excluding carboxylic acids is 1. The van der Waals surface area contributed by atoms with E-state index in [9.17, 15) is 4.79 Å². The molecule has 0 aliphatic carbocycles. The minimum atomic E-state index is 0.0738. The zero-order chi connectivity index (χ0) is 18.2. The second-order valence-corrected chi connectivity index (χ2v) is 6.05. The quantitative estimate of drug-likeness (QED) is 0.424. The summed E-state index contributed by atoms with van der Waals surface area (Å²) in [5, 5.41) is 9.38. The number of benzene rings is 2. The number of nitrogens with one attached hydrogen (secondary N) is 3. The standard InChI is InChI=1S/C20H24N4O2/c1-21-20(23-14-15-5-3-2-4-6-15)22-11-12-26-17-8-9-18-16(13-17)7-10-19(25)24-18/h2-6,8-9,13H,7,10-12,14H2,1H3,(H,24,25)(H2,21,22,23). The number of hydrogen-bond acceptors (Lipinski definition) is 3. The molecular formula is C20H24N4O2. The smallest absolute Gasteiger partial charge is 0.224 e. The van der Waals surface area contributed by atoms with Crippen LogP contribution in [0.15, 0.2) is 53.5 Å². The fraction of sp³-hybridized carbons (Fsp3) is 0.300. The number of rotatable bonds is 6. The van der Waals surface area contributed by atoms with Gasteiger partial charge < -0.3 is 20.7 Å². The van der Waals surface area contributed by atoms with E-state index < -0.39 is 0 Å². The normalized spacial score (nSPS) is 13.6. The Kier molecular flexibility index (Phi) is 6.09. The summed E-state index contributed by atoms with van der Waals surface area (Å²) in [5.74, 6) is 1.63. The number of nitrogens with zero attached hydrogens (tertiary/aromatic N) is 1. The molecule has 0 bridgehead atoms. The molecule has 6 heteroatoms. The van der Waals surface area contributed by atoms with E-state index in [4.69, 9.17) is 4.74 Å². The van der Waals surface area contributed by atoms with Crippen LogP contribution in [0.4, 0.5) is 5.69 Å². The minimum absolute atomic E-state index is 0.0738. The minimum Gasteiger partial charge on any atom is -0.492 e. The average molecular weight is 352 g/mol. The van der Waals surface area contributed by atoms with Crippen LogP contribution in [-0.4, -0.2) is 32.1 Å². The Morgan fingerprint density at radius 2 is 2.00 bits per heavy atom. The van der Waals surface area contributed by atoms with Crippen LogP contribution in [0, 0.1) is 0 Å². The average Bonchev–Trinajstić information content (AvgIpc) is 2.68. The molecule has 1 heterocycles. The fourth-order valence-electron chi connectivity index (χ4n) is 2.79. The Hall–Kier alpha value is -3.02. The van der Waals surface area contributed by atoms with Crippen molar-refractivity contribution in [2.75, 3.05) is 25.5 Å². The molecule has 1 aliphatic heterocycles. The second kappa shape index (κ2) is 8.89. The number of guanidine groups is 1. The summed E-state index contributed by atoms with van der Waals surface area (Å²) in [5.41, 5.74) is 3.21. The van der Waals surface area contributed by atoms with Crippen LogP contribution in [0.3, 0.4) is 0 Å². The fourth-order valence-corrected chi connectivity index (χ4v) is 2.79. The topological polar surface area (TPSA) is 74.8 Å². The third-order valence-electron chi connectivity index (χ3n) is 4.16. The highest BCUT2D eigenvalue weighted by molar-refractivity contribution is 5.94.